The number of aliphatic hydroxyl groups excluding tert-OH is 1. The SMILES string of the molecule is CC(C)CN(C(CO)CCCNC(=O)C(Cc1ccccc1-c1ccccc1)NC(=O)OC(C)(C)C)S(=O)(=O)c1ccc(N)cc1. The normalized spacial score (nSPS) is 13.3. The molecule has 0 spiro atoms. The Morgan fingerprint density at radius 3 is 2.20 bits per heavy atom. The van der Waals surface area contributed by atoms with Crippen molar-refractivity contribution in [2.45, 2.75) is 76.5 Å². The van der Waals surface area contributed by atoms with Crippen LogP contribution in [0, 0.1) is 5.92 Å². The molecule has 0 radical (unpaired) electrons. The van der Waals surface area contributed by atoms with Gasteiger partial charge in [-0.25, -0.2) is 13.2 Å². The van der Waals surface area contributed by atoms with Gasteiger partial charge in [0, 0.05) is 31.2 Å². The molecule has 0 bridgehead atoms. The number of carbonyl (C=O) groups is 2. The van der Waals surface area contributed by atoms with Crippen LogP contribution in [0.1, 0.15) is 53.0 Å². The molecule has 2 atom stereocenters. The van der Waals surface area contributed by atoms with Crippen molar-refractivity contribution in [1.29, 1.82) is 0 Å². The molecule has 5 N–H and O–H groups in total. The van der Waals surface area contributed by atoms with E-state index in [0.29, 0.717) is 18.5 Å². The Morgan fingerprint density at radius 2 is 1.59 bits per heavy atom. The van der Waals surface area contributed by atoms with Crippen molar-refractivity contribution in [2.75, 3.05) is 25.4 Å². The zero-order chi connectivity index (χ0) is 33.9. The van der Waals surface area contributed by atoms with Crippen molar-refractivity contribution < 1.29 is 27.9 Å². The van der Waals surface area contributed by atoms with Crippen LogP contribution in [0.3, 0.4) is 0 Å². The highest BCUT2D eigenvalue weighted by molar-refractivity contribution is 7.89. The summed E-state index contributed by atoms with van der Waals surface area (Å²) in [5, 5.41) is 15.9. The number of nitrogens with two attached hydrogens (primary N) is 1. The van der Waals surface area contributed by atoms with Crippen LogP contribution < -0.4 is 16.4 Å². The Morgan fingerprint density at radius 1 is 0.957 bits per heavy atom. The maximum atomic E-state index is 13.6. The van der Waals surface area contributed by atoms with Crippen molar-refractivity contribution >= 4 is 27.7 Å². The molecule has 0 saturated heterocycles. The Bertz CT molecular complexity index is 1520. The van der Waals surface area contributed by atoms with Gasteiger partial charge in [0.05, 0.1) is 11.5 Å². The number of sulfonamides is 1. The molecule has 3 aromatic rings. The van der Waals surface area contributed by atoms with E-state index in [4.69, 9.17) is 10.5 Å². The second kappa shape index (κ2) is 16.6. The molecule has 0 fully saturated rings. The predicted molar refractivity (Wildman–Crippen MR) is 181 cm³/mol. The minimum Gasteiger partial charge on any atom is -0.444 e. The lowest BCUT2D eigenvalue weighted by Gasteiger charge is -2.31. The van der Waals surface area contributed by atoms with Crippen LogP contribution >= 0.6 is 0 Å². The fraction of sp³-hybridized carbons (Fsp3) is 0.429. The molecule has 2 unspecified atom stereocenters. The Hall–Kier alpha value is -3.93. The summed E-state index contributed by atoms with van der Waals surface area (Å²) in [6.07, 6.45) is 0.209. The van der Waals surface area contributed by atoms with Crippen LogP contribution in [0.15, 0.2) is 83.8 Å². The minimum absolute atomic E-state index is 0.00996. The number of nitrogens with one attached hydrogen (secondary N) is 2. The number of benzene rings is 3. The quantitative estimate of drug-likeness (QED) is 0.134. The second-order valence-electron chi connectivity index (χ2n) is 12.7. The van der Waals surface area contributed by atoms with E-state index in [1.165, 1.54) is 28.6 Å². The highest BCUT2D eigenvalue weighted by Crippen LogP contribution is 2.25. The summed E-state index contributed by atoms with van der Waals surface area (Å²) >= 11 is 0. The number of hydrogen-bond acceptors (Lipinski definition) is 7. The van der Waals surface area contributed by atoms with Gasteiger partial charge in [-0.2, -0.15) is 4.31 Å². The number of amides is 2. The summed E-state index contributed by atoms with van der Waals surface area (Å²) in [6, 6.07) is 21.9. The molecule has 0 aliphatic heterocycles. The van der Waals surface area contributed by atoms with Gasteiger partial charge in [0.1, 0.15) is 11.6 Å². The number of nitrogen functional groups attached to an aromatic ring is 1. The third-order valence-corrected chi connectivity index (χ3v) is 9.13. The van der Waals surface area contributed by atoms with E-state index >= 15 is 0 Å². The highest BCUT2D eigenvalue weighted by atomic mass is 32.2. The summed E-state index contributed by atoms with van der Waals surface area (Å²) < 4.78 is 33.9. The highest BCUT2D eigenvalue weighted by Gasteiger charge is 2.32. The summed E-state index contributed by atoms with van der Waals surface area (Å²) in [4.78, 5) is 26.4. The Balaban J connectivity index is 1.74. The van der Waals surface area contributed by atoms with Gasteiger partial charge in [-0.1, -0.05) is 68.4 Å². The van der Waals surface area contributed by atoms with Crippen LogP contribution in [-0.4, -0.2) is 67.2 Å². The number of nitrogens with zero attached hydrogens (tertiary/aromatic N) is 1. The maximum Gasteiger partial charge on any atom is 0.408 e. The van der Waals surface area contributed by atoms with E-state index in [1.54, 1.807) is 20.8 Å². The van der Waals surface area contributed by atoms with Crippen LogP contribution in [0.2, 0.25) is 0 Å². The standard InChI is InChI=1S/C35H48N4O6S/c1-25(2)23-39(46(43,44)30-19-17-28(36)18-20-30)29(24-40)15-11-21-37-33(41)32(38-34(42)45-35(3,4)5)22-27-14-9-10-16-31(27)26-12-7-6-8-13-26/h6-10,12-14,16-20,25,29,32,40H,11,15,21-24,36H2,1-5H3,(H,37,41)(H,38,42). The molecule has 3 rings (SSSR count). The monoisotopic (exact) mass is 652 g/mol. The van der Waals surface area contributed by atoms with Crippen molar-refractivity contribution in [3.8, 4) is 11.1 Å². The van der Waals surface area contributed by atoms with Crippen LogP contribution in [0.4, 0.5) is 10.5 Å². The summed E-state index contributed by atoms with van der Waals surface area (Å²) in [6.45, 7) is 9.11. The summed E-state index contributed by atoms with van der Waals surface area (Å²) in [5.74, 6) is -0.390. The first-order chi connectivity index (χ1) is 21.7. The number of anilines is 1. The maximum absolute atomic E-state index is 13.6. The molecule has 0 saturated carbocycles. The molecule has 0 heterocycles. The van der Waals surface area contributed by atoms with E-state index < -0.39 is 39.7 Å². The van der Waals surface area contributed by atoms with Crippen molar-refractivity contribution in [3.05, 3.63) is 84.4 Å². The predicted octanol–water partition coefficient (Wildman–Crippen LogP) is 4.98. The molecule has 2 amide bonds. The number of carbonyl (C=O) groups excluding carboxylic acids is 2. The number of ether oxygens (including phenoxy) is 1. The first-order valence-corrected chi connectivity index (χ1v) is 17.0. The first-order valence-electron chi connectivity index (χ1n) is 15.6. The van der Waals surface area contributed by atoms with Gasteiger partial charge in [-0.3, -0.25) is 4.79 Å². The molecule has 3 aromatic carbocycles. The van der Waals surface area contributed by atoms with E-state index in [-0.39, 0.29) is 36.9 Å². The van der Waals surface area contributed by atoms with Gasteiger partial charge in [0.25, 0.3) is 0 Å². The lowest BCUT2D eigenvalue weighted by atomic mass is 9.95. The van der Waals surface area contributed by atoms with Gasteiger partial charge in [-0.15, -0.1) is 0 Å². The van der Waals surface area contributed by atoms with Crippen molar-refractivity contribution in [3.63, 3.8) is 0 Å². The third-order valence-electron chi connectivity index (χ3n) is 7.20. The summed E-state index contributed by atoms with van der Waals surface area (Å²) in [5.41, 5.74) is 8.28. The number of alkyl carbamates (subject to hydrolysis) is 1. The lowest BCUT2D eigenvalue weighted by Crippen LogP contribution is -2.49. The van der Waals surface area contributed by atoms with E-state index in [1.807, 2.05) is 68.4 Å². The fourth-order valence-corrected chi connectivity index (χ4v) is 6.86. The third kappa shape index (κ3) is 10.9. The topological polar surface area (TPSA) is 151 Å². The molecule has 0 aliphatic carbocycles. The van der Waals surface area contributed by atoms with Crippen molar-refractivity contribution in [2.24, 2.45) is 5.92 Å². The molecule has 46 heavy (non-hydrogen) atoms. The van der Waals surface area contributed by atoms with Gasteiger partial charge < -0.3 is 26.2 Å². The fourth-order valence-electron chi connectivity index (χ4n) is 5.05. The van der Waals surface area contributed by atoms with E-state index in [9.17, 15) is 23.1 Å². The number of aliphatic hydroxyl groups is 1. The first kappa shape index (κ1) is 36.5. The molecule has 250 valence electrons. The van der Waals surface area contributed by atoms with Crippen molar-refractivity contribution in [1.82, 2.24) is 14.9 Å². The van der Waals surface area contributed by atoms with Crippen LogP contribution in [0.25, 0.3) is 11.1 Å². The summed E-state index contributed by atoms with van der Waals surface area (Å²) in [7, 11) is -3.91. The zero-order valence-corrected chi connectivity index (χ0v) is 28.2. The average molecular weight is 653 g/mol. The Labute approximate surface area is 273 Å². The average Bonchev–Trinajstić information content (AvgIpc) is 2.99. The molecule has 0 aromatic heterocycles. The lowest BCUT2D eigenvalue weighted by molar-refractivity contribution is -0.123. The van der Waals surface area contributed by atoms with Gasteiger partial charge >= 0.3 is 6.09 Å². The molecular weight excluding hydrogens is 604 g/mol. The van der Waals surface area contributed by atoms with Gasteiger partial charge in [0.15, 0.2) is 0 Å². The zero-order valence-electron chi connectivity index (χ0n) is 27.4. The molecule has 11 heteroatoms. The molecule has 10 nitrogen and oxygen atoms in total. The Kier molecular flexibility index (Phi) is 13.2. The smallest absolute Gasteiger partial charge is 0.408 e. The number of rotatable bonds is 15. The molecular formula is C35H48N4O6S. The number of hydrogen-bond donors (Lipinski definition) is 4. The van der Waals surface area contributed by atoms with Gasteiger partial charge in [-0.05, 0) is 80.5 Å². The van der Waals surface area contributed by atoms with Crippen LogP contribution in [0.5, 0.6) is 0 Å². The minimum atomic E-state index is -3.91. The van der Waals surface area contributed by atoms with Gasteiger partial charge in [0.2, 0.25) is 15.9 Å². The molecule has 0 aliphatic rings. The second-order valence-corrected chi connectivity index (χ2v) is 14.6. The van der Waals surface area contributed by atoms with E-state index in [2.05, 4.69) is 10.6 Å². The van der Waals surface area contributed by atoms with E-state index in [0.717, 1.165) is 16.7 Å². The van der Waals surface area contributed by atoms with Crippen LogP contribution in [-0.2, 0) is 26.0 Å². The largest absolute Gasteiger partial charge is 0.444 e.